The summed E-state index contributed by atoms with van der Waals surface area (Å²) >= 11 is 0. The first-order chi connectivity index (χ1) is 14.3. The molecule has 0 fully saturated rings. The lowest BCUT2D eigenvalue weighted by molar-refractivity contribution is 0.0697. The van der Waals surface area contributed by atoms with Crippen LogP contribution in [-0.4, -0.2) is 37.6 Å². The van der Waals surface area contributed by atoms with E-state index in [2.05, 4.69) is 37.4 Å². The molecule has 0 saturated heterocycles. The van der Waals surface area contributed by atoms with Gasteiger partial charge in [0.1, 0.15) is 11.4 Å². The fourth-order valence-corrected chi connectivity index (χ4v) is 5.34. The van der Waals surface area contributed by atoms with Gasteiger partial charge in [-0.1, -0.05) is 45.4 Å². The summed E-state index contributed by atoms with van der Waals surface area (Å²) in [6.07, 6.45) is 1.38. The molecule has 2 N–H and O–H groups in total. The molecule has 0 aliphatic carbocycles. The smallest absolute Gasteiger partial charge is 0.339 e. The molecule has 1 aromatic carbocycles. The number of nitrogens with zero attached hydrogens (tertiary/aromatic N) is 2. The minimum atomic E-state index is -3.90. The number of benzene rings is 1. The van der Waals surface area contributed by atoms with Crippen LogP contribution < -0.4 is 9.62 Å². The van der Waals surface area contributed by atoms with E-state index in [4.69, 9.17) is 0 Å². The van der Waals surface area contributed by atoms with Crippen molar-refractivity contribution in [3.63, 3.8) is 0 Å². The number of aryl methyl sites for hydroxylation is 3. The molecule has 0 bridgehead atoms. The molecule has 0 aliphatic rings. The molecule has 31 heavy (non-hydrogen) atoms. The van der Waals surface area contributed by atoms with Crippen molar-refractivity contribution < 1.29 is 18.3 Å². The van der Waals surface area contributed by atoms with Gasteiger partial charge in [-0.3, -0.25) is 4.72 Å². The largest absolute Gasteiger partial charge is 0.478 e. The van der Waals surface area contributed by atoms with Crippen LogP contribution in [0.3, 0.4) is 0 Å². The maximum absolute atomic E-state index is 13.0. The van der Waals surface area contributed by atoms with Crippen molar-refractivity contribution in [2.75, 3.05) is 22.7 Å². The van der Waals surface area contributed by atoms with Gasteiger partial charge in [-0.2, -0.15) is 0 Å². The highest BCUT2D eigenvalue weighted by Crippen LogP contribution is 2.27. The van der Waals surface area contributed by atoms with Crippen LogP contribution >= 0.6 is 0 Å². The van der Waals surface area contributed by atoms with Crippen molar-refractivity contribution in [3.8, 4) is 0 Å². The molecule has 2 aromatic rings. The second-order valence-electron chi connectivity index (χ2n) is 8.93. The van der Waals surface area contributed by atoms with Crippen molar-refractivity contribution in [1.29, 1.82) is 0 Å². The normalized spacial score (nSPS) is 11.8. The van der Waals surface area contributed by atoms with E-state index in [0.29, 0.717) is 41.9 Å². The number of hydrogen-bond donors (Lipinski definition) is 2. The Labute approximate surface area is 185 Å². The summed E-state index contributed by atoms with van der Waals surface area (Å²) < 4.78 is 28.6. The molecule has 7 nitrogen and oxygen atoms in total. The van der Waals surface area contributed by atoms with Gasteiger partial charge in [0.25, 0.3) is 10.0 Å². The Bertz CT molecular complexity index is 1030. The standard InChI is InChI=1S/C23H33N3O4S/c1-14(2)12-26(13-15(3)4)22-20(23(27)28)10-19(11-24-22)25-31(29,30)21-17(6)8-16(5)9-18(21)7/h8-11,14-15,25H,12-13H2,1-7H3,(H,27,28). The summed E-state index contributed by atoms with van der Waals surface area (Å²) in [7, 11) is -3.90. The van der Waals surface area contributed by atoms with Crippen molar-refractivity contribution in [2.24, 2.45) is 11.8 Å². The summed E-state index contributed by atoms with van der Waals surface area (Å²) in [4.78, 5) is 18.5. The van der Waals surface area contributed by atoms with E-state index in [0.717, 1.165) is 5.56 Å². The highest BCUT2D eigenvalue weighted by molar-refractivity contribution is 7.92. The number of sulfonamides is 1. The zero-order valence-electron chi connectivity index (χ0n) is 19.4. The summed E-state index contributed by atoms with van der Waals surface area (Å²) in [5.41, 5.74) is 2.33. The average Bonchev–Trinajstić information content (AvgIpc) is 2.58. The Kier molecular flexibility index (Phi) is 7.70. The Balaban J connectivity index is 2.48. The van der Waals surface area contributed by atoms with Crippen molar-refractivity contribution >= 4 is 27.5 Å². The Morgan fingerprint density at radius 2 is 1.55 bits per heavy atom. The molecule has 8 heteroatoms. The molecule has 0 saturated carbocycles. The molecule has 0 radical (unpaired) electrons. The third-order valence-corrected chi connectivity index (χ3v) is 6.38. The number of hydrogen-bond acceptors (Lipinski definition) is 5. The van der Waals surface area contributed by atoms with E-state index >= 15 is 0 Å². The zero-order chi connectivity index (χ0) is 23.5. The molecular formula is C23H33N3O4S. The quantitative estimate of drug-likeness (QED) is 0.582. The summed E-state index contributed by atoms with van der Waals surface area (Å²) in [6.45, 7) is 14.9. The van der Waals surface area contributed by atoms with Crippen LogP contribution in [0.5, 0.6) is 0 Å². The zero-order valence-corrected chi connectivity index (χ0v) is 20.2. The SMILES string of the molecule is Cc1cc(C)c(S(=O)(=O)Nc2cnc(N(CC(C)C)CC(C)C)c(C(=O)O)c2)c(C)c1. The predicted molar refractivity (Wildman–Crippen MR) is 125 cm³/mol. The number of aromatic nitrogens is 1. The minimum absolute atomic E-state index is 0.0288. The molecule has 0 atom stereocenters. The van der Waals surface area contributed by atoms with E-state index in [1.165, 1.54) is 12.3 Å². The van der Waals surface area contributed by atoms with Crippen LogP contribution in [0.25, 0.3) is 0 Å². The molecule has 1 aromatic heterocycles. The topological polar surface area (TPSA) is 99.6 Å². The molecule has 0 spiro atoms. The molecule has 1 heterocycles. The maximum Gasteiger partial charge on any atom is 0.339 e. The third-order valence-electron chi connectivity index (χ3n) is 4.69. The fourth-order valence-electron chi connectivity index (χ4n) is 3.85. The Morgan fingerprint density at radius 3 is 2.00 bits per heavy atom. The van der Waals surface area contributed by atoms with Crippen LogP contribution in [0.2, 0.25) is 0 Å². The van der Waals surface area contributed by atoms with Crippen LogP contribution in [0.1, 0.15) is 54.7 Å². The van der Waals surface area contributed by atoms with Gasteiger partial charge in [0.2, 0.25) is 0 Å². The van der Waals surface area contributed by atoms with Crippen molar-refractivity contribution in [2.45, 2.75) is 53.4 Å². The van der Waals surface area contributed by atoms with E-state index in [1.54, 1.807) is 26.0 Å². The maximum atomic E-state index is 13.0. The van der Waals surface area contributed by atoms with Crippen molar-refractivity contribution in [3.05, 3.63) is 46.6 Å². The van der Waals surface area contributed by atoms with Gasteiger partial charge >= 0.3 is 5.97 Å². The molecule has 170 valence electrons. The van der Waals surface area contributed by atoms with E-state index in [-0.39, 0.29) is 16.1 Å². The van der Waals surface area contributed by atoms with Gasteiger partial charge in [-0.15, -0.1) is 0 Å². The Morgan fingerprint density at radius 1 is 1.03 bits per heavy atom. The van der Waals surface area contributed by atoms with Crippen molar-refractivity contribution in [1.82, 2.24) is 4.98 Å². The Hall–Kier alpha value is -2.61. The lowest BCUT2D eigenvalue weighted by atomic mass is 10.1. The molecular weight excluding hydrogens is 414 g/mol. The van der Waals surface area contributed by atoms with E-state index in [1.807, 2.05) is 11.8 Å². The van der Waals surface area contributed by atoms with E-state index < -0.39 is 16.0 Å². The fraction of sp³-hybridized carbons (Fsp3) is 0.478. The number of pyridine rings is 1. The van der Waals surface area contributed by atoms with Crippen LogP contribution in [0.15, 0.2) is 29.3 Å². The molecule has 0 amide bonds. The molecule has 2 rings (SSSR count). The number of nitrogens with one attached hydrogen (secondary N) is 1. The summed E-state index contributed by atoms with van der Waals surface area (Å²) in [6, 6.07) is 4.96. The van der Waals surface area contributed by atoms with Crippen LogP contribution in [0.4, 0.5) is 11.5 Å². The highest BCUT2D eigenvalue weighted by atomic mass is 32.2. The number of anilines is 2. The van der Waals surface area contributed by atoms with Gasteiger partial charge in [-0.25, -0.2) is 18.2 Å². The lowest BCUT2D eigenvalue weighted by Crippen LogP contribution is -2.33. The third kappa shape index (κ3) is 6.19. The number of aromatic carboxylic acids is 1. The second kappa shape index (κ2) is 9.68. The van der Waals surface area contributed by atoms with Crippen LogP contribution in [-0.2, 0) is 10.0 Å². The lowest BCUT2D eigenvalue weighted by Gasteiger charge is -2.28. The first-order valence-corrected chi connectivity index (χ1v) is 11.9. The predicted octanol–water partition coefficient (Wildman–Crippen LogP) is 4.62. The number of carboxylic acid groups (broad SMARTS) is 1. The van der Waals surface area contributed by atoms with Gasteiger partial charge in [-0.05, 0) is 49.8 Å². The monoisotopic (exact) mass is 447 g/mol. The summed E-state index contributed by atoms with van der Waals surface area (Å²) in [5.74, 6) is -0.176. The van der Waals surface area contributed by atoms with E-state index in [9.17, 15) is 18.3 Å². The minimum Gasteiger partial charge on any atom is -0.478 e. The average molecular weight is 448 g/mol. The molecule has 0 aliphatic heterocycles. The van der Waals surface area contributed by atoms with Gasteiger partial charge in [0.15, 0.2) is 0 Å². The first kappa shape index (κ1) is 24.7. The highest BCUT2D eigenvalue weighted by Gasteiger charge is 2.24. The second-order valence-corrected chi connectivity index (χ2v) is 10.5. The number of carbonyl (C=O) groups is 1. The number of rotatable bonds is 9. The van der Waals surface area contributed by atoms with Gasteiger partial charge < -0.3 is 10.0 Å². The number of carboxylic acids is 1. The summed E-state index contributed by atoms with van der Waals surface area (Å²) in [5, 5.41) is 9.80. The molecule has 0 unspecified atom stereocenters. The first-order valence-electron chi connectivity index (χ1n) is 10.4. The van der Waals surface area contributed by atoms with Gasteiger partial charge in [0.05, 0.1) is 16.8 Å². The van der Waals surface area contributed by atoms with Gasteiger partial charge in [0, 0.05) is 13.1 Å². The van der Waals surface area contributed by atoms with Crippen LogP contribution in [0, 0.1) is 32.6 Å².